The molecule has 4 amide bonds. The van der Waals surface area contributed by atoms with Crippen molar-refractivity contribution in [3.05, 3.63) is 137 Å². The van der Waals surface area contributed by atoms with Gasteiger partial charge in [-0.05, 0) is 60.7 Å². The predicted octanol–water partition coefficient (Wildman–Crippen LogP) is 6.55. The Morgan fingerprint density at radius 1 is 0.745 bits per heavy atom. The van der Waals surface area contributed by atoms with Crippen LogP contribution in [0.4, 0.5) is 15.8 Å². The average molecular weight is 647 g/mol. The van der Waals surface area contributed by atoms with Gasteiger partial charge in [0.2, 0.25) is 23.6 Å². The van der Waals surface area contributed by atoms with Crippen molar-refractivity contribution < 1.29 is 28.7 Å². The van der Waals surface area contributed by atoms with E-state index in [9.17, 15) is 19.5 Å². The van der Waals surface area contributed by atoms with Gasteiger partial charge in [-0.25, -0.2) is 9.29 Å². The van der Waals surface area contributed by atoms with Gasteiger partial charge in [0, 0.05) is 16.5 Å². The number of benzene rings is 4. The molecule has 0 unspecified atom stereocenters. The standard InChI is InChI=1S/C38H28ClFN2O5/c39-22-11-7-14-24(19-22)42-35(45)29-20-28-25(17-18-26-31(28)36(46)41(34(26)44)23-12-5-2-6-13-23)32(27-15-8-16-30(40)33(27)43)38(29,37(42)47)21-9-3-1-4-10-21/h1-17,19,26,28-29,31-32,43H,18,20H2/t26-,28+,29-,31-,32+,38+/m0/s1. The van der Waals surface area contributed by atoms with Crippen LogP contribution in [0.1, 0.15) is 29.9 Å². The molecule has 4 aromatic carbocycles. The SMILES string of the molecule is O=C1[C@H]2[C@H](CC=C3[C@H]2C[C@H]2C(=O)N(c4cccc(Cl)c4)C(=O)[C@@]2(c2ccccc2)[C@H]3c2cccc(F)c2O)C(=O)N1c1ccccc1. The van der Waals surface area contributed by atoms with Crippen molar-refractivity contribution in [1.82, 2.24) is 0 Å². The monoisotopic (exact) mass is 646 g/mol. The molecule has 4 aliphatic rings. The lowest BCUT2D eigenvalue weighted by Gasteiger charge is -2.50. The molecule has 1 saturated carbocycles. The maximum atomic E-state index is 15.2. The molecule has 4 aromatic rings. The maximum absolute atomic E-state index is 15.2. The number of carbonyl (C=O) groups excluding carboxylic acids is 4. The summed E-state index contributed by atoms with van der Waals surface area (Å²) in [5.41, 5.74) is 0.452. The number of halogens is 2. The van der Waals surface area contributed by atoms with E-state index in [2.05, 4.69) is 0 Å². The molecule has 2 heterocycles. The van der Waals surface area contributed by atoms with Gasteiger partial charge < -0.3 is 5.11 Å². The number of para-hydroxylation sites is 2. The quantitative estimate of drug-likeness (QED) is 0.200. The van der Waals surface area contributed by atoms with Crippen LogP contribution in [-0.2, 0) is 24.6 Å². The maximum Gasteiger partial charge on any atom is 0.246 e. The third kappa shape index (κ3) is 4.04. The first-order chi connectivity index (χ1) is 22.7. The van der Waals surface area contributed by atoms with Crippen LogP contribution >= 0.6 is 11.6 Å². The normalized spacial score (nSPS) is 28.2. The summed E-state index contributed by atoms with van der Waals surface area (Å²) in [4.78, 5) is 60.3. The van der Waals surface area contributed by atoms with Crippen molar-refractivity contribution in [3.8, 4) is 5.75 Å². The number of nitrogens with zero attached hydrogens (tertiary/aromatic N) is 2. The second-order valence-corrected chi connectivity index (χ2v) is 13.1. The zero-order valence-electron chi connectivity index (χ0n) is 24.9. The average Bonchev–Trinajstić information content (AvgIpc) is 3.47. The molecular formula is C38H28ClFN2O5. The minimum Gasteiger partial charge on any atom is -0.505 e. The van der Waals surface area contributed by atoms with Gasteiger partial charge in [-0.1, -0.05) is 90.0 Å². The largest absolute Gasteiger partial charge is 0.505 e. The van der Waals surface area contributed by atoms with Crippen LogP contribution in [0.25, 0.3) is 0 Å². The highest BCUT2D eigenvalue weighted by Gasteiger charge is 2.70. The van der Waals surface area contributed by atoms with Crippen LogP contribution in [0.5, 0.6) is 5.75 Å². The Balaban J connectivity index is 1.38. The third-order valence-electron chi connectivity index (χ3n) is 10.5. The summed E-state index contributed by atoms with van der Waals surface area (Å²) >= 11 is 6.33. The van der Waals surface area contributed by atoms with Crippen molar-refractivity contribution in [2.24, 2.45) is 23.7 Å². The number of phenolic OH excluding ortho intramolecular Hbond substituents is 1. The molecule has 0 aromatic heterocycles. The Hall–Kier alpha value is -5.08. The Bertz CT molecular complexity index is 2020. The molecule has 234 valence electrons. The van der Waals surface area contributed by atoms with E-state index in [-0.39, 0.29) is 35.9 Å². The van der Waals surface area contributed by atoms with Gasteiger partial charge in [0.25, 0.3) is 0 Å². The summed E-state index contributed by atoms with van der Waals surface area (Å²) in [6.45, 7) is 0. The number of aromatic hydroxyl groups is 1. The van der Waals surface area contributed by atoms with Crippen molar-refractivity contribution in [1.29, 1.82) is 0 Å². The lowest BCUT2D eigenvalue weighted by molar-refractivity contribution is -0.127. The topological polar surface area (TPSA) is 95.0 Å². The summed E-state index contributed by atoms with van der Waals surface area (Å²) in [7, 11) is 0. The van der Waals surface area contributed by atoms with E-state index in [0.29, 0.717) is 21.8 Å². The molecule has 2 aliphatic heterocycles. The summed E-state index contributed by atoms with van der Waals surface area (Å²) < 4.78 is 15.2. The van der Waals surface area contributed by atoms with Crippen LogP contribution in [0.2, 0.25) is 5.02 Å². The number of hydrogen-bond donors (Lipinski definition) is 1. The van der Waals surface area contributed by atoms with Gasteiger partial charge in [-0.2, -0.15) is 0 Å². The van der Waals surface area contributed by atoms with E-state index in [4.69, 9.17) is 11.6 Å². The summed E-state index contributed by atoms with van der Waals surface area (Å²) in [5, 5.41) is 11.6. The molecule has 2 aliphatic carbocycles. The van der Waals surface area contributed by atoms with E-state index in [1.54, 1.807) is 91.0 Å². The fraction of sp³-hybridized carbons (Fsp3) is 0.211. The zero-order chi connectivity index (χ0) is 32.6. The molecule has 8 rings (SSSR count). The molecule has 9 heteroatoms. The summed E-state index contributed by atoms with van der Waals surface area (Å²) in [6.07, 6.45) is 2.19. The molecule has 7 nitrogen and oxygen atoms in total. The molecule has 0 spiro atoms. The molecule has 0 bridgehead atoms. The minimum atomic E-state index is -1.61. The van der Waals surface area contributed by atoms with E-state index < -0.39 is 58.4 Å². The summed E-state index contributed by atoms with van der Waals surface area (Å²) in [6, 6.07) is 28.3. The highest BCUT2D eigenvalue weighted by molar-refractivity contribution is 6.32. The fourth-order valence-corrected chi connectivity index (χ4v) is 8.87. The van der Waals surface area contributed by atoms with Gasteiger partial charge in [0.1, 0.15) is 0 Å². The Labute approximate surface area is 274 Å². The van der Waals surface area contributed by atoms with Crippen LogP contribution < -0.4 is 9.80 Å². The van der Waals surface area contributed by atoms with Gasteiger partial charge >= 0.3 is 0 Å². The number of imide groups is 2. The van der Waals surface area contributed by atoms with Crippen molar-refractivity contribution >= 4 is 46.6 Å². The highest BCUT2D eigenvalue weighted by Crippen LogP contribution is 2.65. The molecule has 0 radical (unpaired) electrons. The number of anilines is 2. The van der Waals surface area contributed by atoms with Gasteiger partial charge in [0.15, 0.2) is 11.6 Å². The van der Waals surface area contributed by atoms with Crippen molar-refractivity contribution in [2.75, 3.05) is 9.80 Å². The second kappa shape index (κ2) is 10.7. The molecule has 1 N–H and O–H groups in total. The number of phenols is 1. The molecular weight excluding hydrogens is 619 g/mol. The first kappa shape index (κ1) is 29.3. The van der Waals surface area contributed by atoms with Crippen LogP contribution in [0.15, 0.2) is 115 Å². The number of carbonyl (C=O) groups is 4. The first-order valence-corrected chi connectivity index (χ1v) is 15.9. The van der Waals surface area contributed by atoms with E-state index >= 15 is 9.18 Å². The van der Waals surface area contributed by atoms with E-state index in [0.717, 1.165) is 11.0 Å². The number of rotatable bonds is 4. The van der Waals surface area contributed by atoms with E-state index in [1.807, 2.05) is 6.08 Å². The van der Waals surface area contributed by atoms with Gasteiger partial charge in [-0.3, -0.25) is 24.1 Å². The van der Waals surface area contributed by atoms with E-state index in [1.165, 1.54) is 11.0 Å². The highest BCUT2D eigenvalue weighted by atomic mass is 35.5. The van der Waals surface area contributed by atoms with Crippen LogP contribution in [0.3, 0.4) is 0 Å². The Kier molecular flexibility index (Phi) is 6.70. The van der Waals surface area contributed by atoms with Crippen molar-refractivity contribution in [2.45, 2.75) is 24.2 Å². The lowest BCUT2D eigenvalue weighted by Crippen LogP contribution is -2.53. The third-order valence-corrected chi connectivity index (χ3v) is 10.7. The molecule has 6 atom stereocenters. The van der Waals surface area contributed by atoms with Crippen molar-refractivity contribution in [3.63, 3.8) is 0 Å². The minimum absolute atomic E-state index is 0.0950. The smallest absolute Gasteiger partial charge is 0.246 e. The van der Waals surface area contributed by atoms with Gasteiger partial charge in [0.05, 0.1) is 34.5 Å². The molecule has 3 fully saturated rings. The number of allylic oxidation sites excluding steroid dienone is 2. The van der Waals surface area contributed by atoms with Crippen LogP contribution in [0, 0.1) is 29.5 Å². The lowest BCUT2D eigenvalue weighted by atomic mass is 9.49. The predicted molar refractivity (Wildman–Crippen MR) is 173 cm³/mol. The first-order valence-electron chi connectivity index (χ1n) is 15.5. The zero-order valence-corrected chi connectivity index (χ0v) is 25.7. The van der Waals surface area contributed by atoms with Gasteiger partial charge in [-0.15, -0.1) is 0 Å². The fourth-order valence-electron chi connectivity index (χ4n) is 8.68. The number of hydrogen-bond acceptors (Lipinski definition) is 5. The molecule has 47 heavy (non-hydrogen) atoms. The molecule has 2 saturated heterocycles. The number of amides is 4. The summed E-state index contributed by atoms with van der Waals surface area (Å²) in [5.74, 6) is -7.36. The van der Waals surface area contributed by atoms with Crippen LogP contribution in [-0.4, -0.2) is 28.7 Å². The second-order valence-electron chi connectivity index (χ2n) is 12.6. The Morgan fingerprint density at radius 2 is 1.43 bits per heavy atom. The Morgan fingerprint density at radius 3 is 2.15 bits per heavy atom. The number of fused-ring (bicyclic) bond motifs is 4.